The van der Waals surface area contributed by atoms with Crippen LogP contribution in [0.5, 0.6) is 0 Å². The highest BCUT2D eigenvalue weighted by atomic mass is 32.2. The molecule has 3 aliphatic rings. The summed E-state index contributed by atoms with van der Waals surface area (Å²) in [7, 11) is -2.81. The van der Waals surface area contributed by atoms with E-state index in [2.05, 4.69) is 4.90 Å². The first-order valence-electron chi connectivity index (χ1n) is 8.78. The van der Waals surface area contributed by atoms with Crippen LogP contribution in [0.2, 0.25) is 0 Å². The summed E-state index contributed by atoms with van der Waals surface area (Å²) in [4.78, 5) is 2.42. The number of likely N-dealkylation sites (tertiary alicyclic amines) is 1. The Balaban J connectivity index is 1.37. The van der Waals surface area contributed by atoms with E-state index in [-0.39, 0.29) is 5.41 Å². The highest BCUT2D eigenvalue weighted by Crippen LogP contribution is 2.45. The zero-order valence-corrected chi connectivity index (χ0v) is 14.7. The van der Waals surface area contributed by atoms with Gasteiger partial charge in [0.15, 0.2) is 9.84 Å². The number of nitrogens with zero attached hydrogens (tertiary/aromatic N) is 1. The van der Waals surface area contributed by atoms with Gasteiger partial charge >= 0.3 is 6.18 Å². The van der Waals surface area contributed by atoms with Gasteiger partial charge in [0, 0.05) is 18.0 Å². The van der Waals surface area contributed by atoms with Gasteiger partial charge in [-0.1, -0.05) is 12.1 Å². The lowest BCUT2D eigenvalue weighted by molar-refractivity contribution is -0.137. The third-order valence-corrected chi connectivity index (χ3v) is 8.26. The molecule has 0 bridgehead atoms. The minimum atomic E-state index is -4.29. The maximum Gasteiger partial charge on any atom is 0.416 e. The van der Waals surface area contributed by atoms with Crippen LogP contribution in [0.1, 0.15) is 42.7 Å². The molecule has 1 saturated carbocycles. The fourth-order valence-electron chi connectivity index (χ4n) is 4.94. The fourth-order valence-corrected chi connectivity index (χ4v) is 7.20. The van der Waals surface area contributed by atoms with Crippen LogP contribution < -0.4 is 0 Å². The molecular formula is C18H22F3NO2S. The first kappa shape index (κ1) is 17.3. The molecule has 0 radical (unpaired) electrons. The Morgan fingerprint density at radius 2 is 1.76 bits per heavy atom. The monoisotopic (exact) mass is 373 g/mol. The van der Waals surface area contributed by atoms with Crippen molar-refractivity contribution in [3.05, 3.63) is 35.4 Å². The SMILES string of the molecule is O=S1(=O)CC2(CCN([C@@H]3CC[C@H](c4ccc(C(F)(F)F)cc4)C3)C2)C1. The molecule has 138 valence electrons. The van der Waals surface area contributed by atoms with Crippen molar-refractivity contribution in [1.29, 1.82) is 0 Å². The van der Waals surface area contributed by atoms with E-state index in [9.17, 15) is 21.6 Å². The predicted octanol–water partition coefficient (Wildman–Crippen LogP) is 3.46. The summed E-state index contributed by atoms with van der Waals surface area (Å²) in [5.41, 5.74) is 0.361. The van der Waals surface area contributed by atoms with E-state index in [0.717, 1.165) is 44.3 Å². The van der Waals surface area contributed by atoms with Crippen molar-refractivity contribution in [1.82, 2.24) is 4.90 Å². The molecule has 25 heavy (non-hydrogen) atoms. The second kappa shape index (κ2) is 5.71. The molecule has 2 aliphatic heterocycles. The number of sulfone groups is 1. The Kier molecular flexibility index (Phi) is 3.96. The second-order valence-corrected chi connectivity index (χ2v) is 10.1. The van der Waals surface area contributed by atoms with Crippen molar-refractivity contribution >= 4 is 9.84 Å². The molecule has 2 heterocycles. The van der Waals surface area contributed by atoms with Gasteiger partial charge in [-0.25, -0.2) is 8.42 Å². The third-order valence-electron chi connectivity index (χ3n) is 6.15. The molecule has 3 fully saturated rings. The van der Waals surface area contributed by atoms with Gasteiger partial charge in [0.25, 0.3) is 0 Å². The van der Waals surface area contributed by atoms with Crippen LogP contribution in [0.15, 0.2) is 24.3 Å². The Hall–Kier alpha value is -1.08. The summed E-state index contributed by atoms with van der Waals surface area (Å²) in [6.45, 7) is 1.80. The number of rotatable bonds is 2. The van der Waals surface area contributed by atoms with Gasteiger partial charge in [0.1, 0.15) is 0 Å². The first-order valence-corrected chi connectivity index (χ1v) is 10.6. The smallest absolute Gasteiger partial charge is 0.300 e. The van der Waals surface area contributed by atoms with Crippen LogP contribution in [-0.4, -0.2) is 44.0 Å². The maximum atomic E-state index is 12.7. The van der Waals surface area contributed by atoms with Crippen LogP contribution in [0.4, 0.5) is 13.2 Å². The zero-order valence-electron chi connectivity index (χ0n) is 13.9. The van der Waals surface area contributed by atoms with E-state index in [1.165, 1.54) is 12.1 Å². The Labute approximate surface area is 146 Å². The molecule has 0 unspecified atom stereocenters. The predicted molar refractivity (Wildman–Crippen MR) is 89.1 cm³/mol. The van der Waals surface area contributed by atoms with Gasteiger partial charge in [-0.15, -0.1) is 0 Å². The molecule has 0 amide bonds. The van der Waals surface area contributed by atoms with Gasteiger partial charge < -0.3 is 0 Å². The Morgan fingerprint density at radius 1 is 1.08 bits per heavy atom. The molecule has 7 heteroatoms. The molecule has 1 spiro atoms. The lowest BCUT2D eigenvalue weighted by Gasteiger charge is -2.38. The Bertz CT molecular complexity index is 746. The van der Waals surface area contributed by atoms with E-state index in [0.29, 0.717) is 23.5 Å². The van der Waals surface area contributed by atoms with Gasteiger partial charge in [-0.05, 0) is 55.8 Å². The topological polar surface area (TPSA) is 37.4 Å². The molecule has 2 atom stereocenters. The van der Waals surface area contributed by atoms with Crippen molar-refractivity contribution < 1.29 is 21.6 Å². The van der Waals surface area contributed by atoms with E-state index in [1.807, 2.05) is 0 Å². The average molecular weight is 373 g/mol. The quantitative estimate of drug-likeness (QED) is 0.797. The fraction of sp³-hybridized carbons (Fsp3) is 0.667. The van der Waals surface area contributed by atoms with Crippen molar-refractivity contribution in [3.8, 4) is 0 Å². The van der Waals surface area contributed by atoms with E-state index in [1.54, 1.807) is 12.1 Å². The van der Waals surface area contributed by atoms with Crippen LogP contribution in [0, 0.1) is 5.41 Å². The number of hydrogen-bond acceptors (Lipinski definition) is 3. The number of benzene rings is 1. The molecule has 1 aliphatic carbocycles. The van der Waals surface area contributed by atoms with Crippen LogP contribution in [-0.2, 0) is 16.0 Å². The minimum Gasteiger partial charge on any atom is -0.300 e. The highest BCUT2D eigenvalue weighted by molar-refractivity contribution is 7.92. The highest BCUT2D eigenvalue weighted by Gasteiger charge is 2.53. The molecule has 1 aromatic carbocycles. The van der Waals surface area contributed by atoms with Crippen molar-refractivity contribution in [3.63, 3.8) is 0 Å². The van der Waals surface area contributed by atoms with Crippen molar-refractivity contribution in [2.24, 2.45) is 5.41 Å². The van der Waals surface area contributed by atoms with Crippen molar-refractivity contribution in [2.45, 2.75) is 43.8 Å². The average Bonchev–Trinajstić information content (AvgIpc) is 3.12. The van der Waals surface area contributed by atoms with E-state index < -0.39 is 21.6 Å². The van der Waals surface area contributed by atoms with Gasteiger partial charge in [-0.3, -0.25) is 4.90 Å². The molecule has 1 aromatic rings. The standard InChI is InChI=1S/C18H22F3NO2S/c19-18(20,21)15-4-1-13(2-5-15)14-3-6-16(9-14)22-8-7-17(10-22)11-25(23,24)12-17/h1-2,4-5,14,16H,3,6-12H2/t14-,16+/m0/s1. The van der Waals surface area contributed by atoms with Gasteiger partial charge in [0.2, 0.25) is 0 Å². The van der Waals surface area contributed by atoms with Crippen molar-refractivity contribution in [2.75, 3.05) is 24.6 Å². The minimum absolute atomic E-state index is 0.0225. The number of halogens is 3. The molecular weight excluding hydrogens is 351 g/mol. The summed E-state index contributed by atoms with van der Waals surface area (Å²) < 4.78 is 61.1. The summed E-state index contributed by atoms with van der Waals surface area (Å²) >= 11 is 0. The summed E-state index contributed by atoms with van der Waals surface area (Å²) in [6, 6.07) is 5.99. The van der Waals surface area contributed by atoms with Crippen LogP contribution in [0.25, 0.3) is 0 Å². The normalized spacial score (nSPS) is 31.3. The van der Waals surface area contributed by atoms with Crippen LogP contribution in [0.3, 0.4) is 0 Å². The number of alkyl halides is 3. The number of hydrogen-bond donors (Lipinski definition) is 0. The molecule has 2 saturated heterocycles. The lowest BCUT2D eigenvalue weighted by atomic mass is 9.91. The largest absolute Gasteiger partial charge is 0.416 e. The molecule has 0 N–H and O–H groups in total. The molecule has 0 aromatic heterocycles. The Morgan fingerprint density at radius 3 is 2.36 bits per heavy atom. The van der Waals surface area contributed by atoms with Gasteiger partial charge in [0.05, 0.1) is 17.1 Å². The van der Waals surface area contributed by atoms with Crippen LogP contribution >= 0.6 is 0 Å². The van der Waals surface area contributed by atoms with Gasteiger partial charge in [-0.2, -0.15) is 13.2 Å². The summed E-state index contributed by atoms with van der Waals surface area (Å²) in [6.07, 6.45) is -0.363. The first-order chi connectivity index (χ1) is 11.7. The molecule has 4 rings (SSSR count). The zero-order chi connectivity index (χ0) is 17.9. The second-order valence-electron chi connectivity index (χ2n) is 8.04. The molecule has 3 nitrogen and oxygen atoms in total. The maximum absolute atomic E-state index is 12.7. The third kappa shape index (κ3) is 3.33. The summed E-state index contributed by atoms with van der Waals surface area (Å²) in [5, 5.41) is 0. The van der Waals surface area contributed by atoms with E-state index >= 15 is 0 Å². The lowest BCUT2D eigenvalue weighted by Crippen LogP contribution is -2.50. The van der Waals surface area contributed by atoms with E-state index in [4.69, 9.17) is 0 Å². The summed E-state index contributed by atoms with van der Waals surface area (Å²) in [5.74, 6) is 0.950.